The molecule has 3 N–H and O–H groups in total. The van der Waals surface area contributed by atoms with Gasteiger partial charge in [-0.2, -0.15) is 0 Å². The quantitative estimate of drug-likeness (QED) is 0.860. The van der Waals surface area contributed by atoms with Crippen molar-refractivity contribution in [2.24, 2.45) is 5.73 Å². The van der Waals surface area contributed by atoms with Gasteiger partial charge in [0, 0.05) is 5.56 Å². The van der Waals surface area contributed by atoms with Crippen LogP contribution in [0.25, 0.3) is 11.3 Å². The molecule has 0 atom stereocenters. The Kier molecular flexibility index (Phi) is 3.12. The number of nitrogens with one attached hydrogen (secondary N) is 1. The van der Waals surface area contributed by atoms with E-state index in [0.717, 1.165) is 11.3 Å². The second kappa shape index (κ2) is 4.55. The number of imidazole rings is 1. The molecule has 2 rings (SSSR count). The van der Waals surface area contributed by atoms with Crippen LogP contribution >= 0.6 is 11.6 Å². The molecule has 0 unspecified atom stereocenters. The van der Waals surface area contributed by atoms with E-state index in [1.54, 1.807) is 7.11 Å². The number of ether oxygens (including phenoxy) is 1. The number of hydrogen-bond acceptors (Lipinski definition) is 3. The second-order valence-corrected chi connectivity index (χ2v) is 3.66. The molecule has 0 aliphatic rings. The summed E-state index contributed by atoms with van der Waals surface area (Å²) < 4.78 is 5.08. The molecule has 0 spiro atoms. The molecule has 2 aromatic rings. The Morgan fingerprint density at radius 3 is 2.56 bits per heavy atom. The van der Waals surface area contributed by atoms with Gasteiger partial charge in [0.1, 0.15) is 22.4 Å². The van der Waals surface area contributed by atoms with E-state index in [9.17, 15) is 0 Å². The van der Waals surface area contributed by atoms with E-state index in [0.29, 0.717) is 23.2 Å². The molecule has 1 aromatic carbocycles. The lowest BCUT2D eigenvalue weighted by Gasteiger charge is -2.00. The van der Waals surface area contributed by atoms with Gasteiger partial charge in [0.05, 0.1) is 13.7 Å². The Hall–Kier alpha value is -1.52. The third kappa shape index (κ3) is 2.03. The zero-order chi connectivity index (χ0) is 11.5. The van der Waals surface area contributed by atoms with Crippen molar-refractivity contribution in [1.29, 1.82) is 0 Å². The van der Waals surface area contributed by atoms with Crippen molar-refractivity contribution in [3.8, 4) is 17.0 Å². The number of hydrogen-bond donors (Lipinski definition) is 2. The van der Waals surface area contributed by atoms with Crippen LogP contribution in [0.15, 0.2) is 24.3 Å². The van der Waals surface area contributed by atoms with E-state index < -0.39 is 0 Å². The van der Waals surface area contributed by atoms with E-state index in [1.807, 2.05) is 24.3 Å². The van der Waals surface area contributed by atoms with Crippen LogP contribution in [0.3, 0.4) is 0 Å². The minimum atomic E-state index is 0.343. The Morgan fingerprint density at radius 2 is 2.06 bits per heavy atom. The molecule has 0 fully saturated rings. The maximum absolute atomic E-state index is 6.03. The molecule has 0 saturated heterocycles. The van der Waals surface area contributed by atoms with Gasteiger partial charge in [-0.05, 0) is 24.3 Å². The zero-order valence-electron chi connectivity index (χ0n) is 8.83. The van der Waals surface area contributed by atoms with Gasteiger partial charge in [-0.3, -0.25) is 0 Å². The van der Waals surface area contributed by atoms with Crippen molar-refractivity contribution in [2.45, 2.75) is 6.54 Å². The minimum absolute atomic E-state index is 0.343. The fourth-order valence-corrected chi connectivity index (χ4v) is 1.70. The Bertz CT molecular complexity index is 478. The number of rotatable bonds is 3. The van der Waals surface area contributed by atoms with Crippen LogP contribution in [-0.2, 0) is 6.54 Å². The summed E-state index contributed by atoms with van der Waals surface area (Å²) in [5.41, 5.74) is 7.13. The minimum Gasteiger partial charge on any atom is -0.497 e. The van der Waals surface area contributed by atoms with E-state index in [2.05, 4.69) is 9.97 Å². The maximum Gasteiger partial charge on any atom is 0.134 e. The standard InChI is InChI=1S/C11H12ClN3O/c1-16-8-4-2-7(3-5-8)10-11(12)15-9(6-13)14-10/h2-5H,6,13H2,1H3,(H,14,15). The van der Waals surface area contributed by atoms with Crippen LogP contribution in [0.4, 0.5) is 0 Å². The second-order valence-electron chi connectivity index (χ2n) is 3.28. The molecular weight excluding hydrogens is 226 g/mol. The third-order valence-electron chi connectivity index (χ3n) is 2.27. The molecule has 0 aliphatic carbocycles. The smallest absolute Gasteiger partial charge is 0.134 e. The number of benzene rings is 1. The highest BCUT2D eigenvalue weighted by Gasteiger charge is 2.09. The molecule has 4 nitrogen and oxygen atoms in total. The fourth-order valence-electron chi connectivity index (χ4n) is 1.43. The van der Waals surface area contributed by atoms with Gasteiger partial charge in [-0.25, -0.2) is 4.98 Å². The topological polar surface area (TPSA) is 63.9 Å². The lowest BCUT2D eigenvalue weighted by Crippen LogP contribution is -1.97. The molecule has 84 valence electrons. The van der Waals surface area contributed by atoms with Crippen LogP contribution in [0.1, 0.15) is 5.82 Å². The average molecular weight is 238 g/mol. The number of nitrogens with zero attached hydrogens (tertiary/aromatic N) is 1. The van der Waals surface area contributed by atoms with Crippen molar-refractivity contribution >= 4 is 11.6 Å². The average Bonchev–Trinajstić information content (AvgIpc) is 2.71. The van der Waals surface area contributed by atoms with Crippen LogP contribution in [-0.4, -0.2) is 17.1 Å². The third-order valence-corrected chi connectivity index (χ3v) is 2.54. The van der Waals surface area contributed by atoms with Crippen molar-refractivity contribution < 1.29 is 4.74 Å². The summed E-state index contributed by atoms with van der Waals surface area (Å²) in [5, 5.41) is 0.505. The van der Waals surface area contributed by atoms with Crippen molar-refractivity contribution in [3.63, 3.8) is 0 Å². The predicted molar refractivity (Wildman–Crippen MR) is 63.5 cm³/mol. The number of methoxy groups -OCH3 is 1. The van der Waals surface area contributed by atoms with Crippen LogP contribution < -0.4 is 10.5 Å². The molecule has 0 aliphatic heterocycles. The van der Waals surface area contributed by atoms with Crippen molar-refractivity contribution in [3.05, 3.63) is 35.2 Å². The number of aromatic amines is 1. The largest absolute Gasteiger partial charge is 0.497 e. The molecule has 16 heavy (non-hydrogen) atoms. The lowest BCUT2D eigenvalue weighted by atomic mass is 10.2. The van der Waals surface area contributed by atoms with Crippen molar-refractivity contribution in [2.75, 3.05) is 7.11 Å². The SMILES string of the molecule is COc1ccc(-c2nc(CN)[nH]c2Cl)cc1. The van der Waals surface area contributed by atoms with Crippen LogP contribution in [0.5, 0.6) is 5.75 Å². The predicted octanol–water partition coefficient (Wildman–Crippen LogP) is 2.20. The first kappa shape index (κ1) is 11.0. The summed E-state index contributed by atoms with van der Waals surface area (Å²) in [5.74, 6) is 1.48. The van der Waals surface area contributed by atoms with E-state index >= 15 is 0 Å². The highest BCUT2D eigenvalue weighted by atomic mass is 35.5. The summed E-state index contributed by atoms with van der Waals surface area (Å²) in [4.78, 5) is 7.22. The Balaban J connectivity index is 2.38. The number of nitrogens with two attached hydrogens (primary N) is 1. The number of H-pyrrole nitrogens is 1. The normalized spacial score (nSPS) is 10.4. The summed E-state index contributed by atoms with van der Waals surface area (Å²) in [6, 6.07) is 7.54. The molecule has 0 bridgehead atoms. The fraction of sp³-hybridized carbons (Fsp3) is 0.182. The lowest BCUT2D eigenvalue weighted by molar-refractivity contribution is 0.415. The highest BCUT2D eigenvalue weighted by molar-refractivity contribution is 6.31. The molecule has 1 heterocycles. The number of aromatic nitrogens is 2. The summed E-state index contributed by atoms with van der Waals surface area (Å²) >= 11 is 6.03. The highest BCUT2D eigenvalue weighted by Crippen LogP contribution is 2.26. The first-order valence-electron chi connectivity index (χ1n) is 4.83. The zero-order valence-corrected chi connectivity index (χ0v) is 9.58. The van der Waals surface area contributed by atoms with Gasteiger partial charge >= 0.3 is 0 Å². The van der Waals surface area contributed by atoms with Gasteiger partial charge in [-0.1, -0.05) is 11.6 Å². The summed E-state index contributed by atoms with van der Waals surface area (Å²) in [6.07, 6.45) is 0. The van der Waals surface area contributed by atoms with Gasteiger partial charge in [0.15, 0.2) is 0 Å². The first-order chi connectivity index (χ1) is 7.74. The maximum atomic E-state index is 6.03. The van der Waals surface area contributed by atoms with Gasteiger partial charge in [0.25, 0.3) is 0 Å². The monoisotopic (exact) mass is 237 g/mol. The molecule has 0 amide bonds. The van der Waals surface area contributed by atoms with E-state index in [-0.39, 0.29) is 0 Å². The van der Waals surface area contributed by atoms with Crippen LogP contribution in [0.2, 0.25) is 5.15 Å². The molecule has 1 aromatic heterocycles. The molecule has 5 heteroatoms. The Morgan fingerprint density at radius 1 is 1.38 bits per heavy atom. The van der Waals surface area contributed by atoms with E-state index in [4.69, 9.17) is 22.1 Å². The Labute approximate surface area is 98.4 Å². The van der Waals surface area contributed by atoms with Gasteiger partial charge < -0.3 is 15.5 Å². The number of halogens is 1. The van der Waals surface area contributed by atoms with Crippen LogP contribution in [0, 0.1) is 0 Å². The first-order valence-corrected chi connectivity index (χ1v) is 5.21. The van der Waals surface area contributed by atoms with Gasteiger partial charge in [0.2, 0.25) is 0 Å². The summed E-state index contributed by atoms with van der Waals surface area (Å²) in [7, 11) is 1.63. The summed E-state index contributed by atoms with van der Waals surface area (Å²) in [6.45, 7) is 0.343. The van der Waals surface area contributed by atoms with E-state index in [1.165, 1.54) is 0 Å². The molecule has 0 saturated carbocycles. The van der Waals surface area contributed by atoms with Crippen molar-refractivity contribution in [1.82, 2.24) is 9.97 Å². The molecular formula is C11H12ClN3O. The van der Waals surface area contributed by atoms with Gasteiger partial charge in [-0.15, -0.1) is 0 Å². The molecule has 0 radical (unpaired) electrons.